The number of likely N-dealkylation sites (tertiary alicyclic amines) is 1. The molecule has 1 aromatic rings. The Hall–Kier alpha value is -0.440. The smallest absolute Gasteiger partial charge is 0.0693 e. The molecule has 1 atom stereocenters. The van der Waals surface area contributed by atoms with Crippen molar-refractivity contribution in [2.24, 2.45) is 5.92 Å². The third-order valence-corrected chi connectivity index (χ3v) is 5.51. The Morgan fingerprint density at radius 2 is 1.70 bits per heavy atom. The van der Waals surface area contributed by atoms with Crippen molar-refractivity contribution in [3.63, 3.8) is 0 Å². The number of hydrogen-bond donors (Lipinski definition) is 1. The molecule has 0 bridgehead atoms. The van der Waals surface area contributed by atoms with Gasteiger partial charge in [-0.15, -0.1) is 0 Å². The minimum Gasteiger partial charge on any atom is -0.396 e. The Labute approximate surface area is 131 Å². The molecule has 110 valence electrons. The van der Waals surface area contributed by atoms with Gasteiger partial charge in [-0.05, 0) is 55.8 Å². The molecule has 0 amide bonds. The highest BCUT2D eigenvalue weighted by molar-refractivity contribution is 6.38. The number of anilines is 1. The number of nitrogen functional groups attached to an aromatic ring is 1. The number of rotatable bonds is 3. The minimum absolute atomic E-state index is 0.492. The van der Waals surface area contributed by atoms with Crippen molar-refractivity contribution in [3.8, 4) is 0 Å². The first-order chi connectivity index (χ1) is 9.65. The van der Waals surface area contributed by atoms with Gasteiger partial charge in [-0.3, -0.25) is 4.90 Å². The summed E-state index contributed by atoms with van der Waals surface area (Å²) < 4.78 is 0. The van der Waals surface area contributed by atoms with Crippen molar-refractivity contribution in [1.29, 1.82) is 0 Å². The van der Waals surface area contributed by atoms with Gasteiger partial charge >= 0.3 is 0 Å². The van der Waals surface area contributed by atoms with E-state index in [2.05, 4.69) is 4.90 Å². The molecule has 20 heavy (non-hydrogen) atoms. The molecule has 1 saturated heterocycles. The third-order valence-electron chi connectivity index (χ3n) is 4.88. The predicted octanol–water partition coefficient (Wildman–Crippen LogP) is 4.73. The predicted molar refractivity (Wildman–Crippen MR) is 86.3 cm³/mol. The summed E-state index contributed by atoms with van der Waals surface area (Å²) in [5.41, 5.74) is 7.48. The Bertz CT molecular complexity index is 460. The molecule has 0 spiro atoms. The zero-order chi connectivity index (χ0) is 14.1. The van der Waals surface area contributed by atoms with Gasteiger partial charge in [0.15, 0.2) is 0 Å². The van der Waals surface area contributed by atoms with Crippen LogP contribution in [-0.4, -0.2) is 17.5 Å². The molecule has 0 radical (unpaired) electrons. The van der Waals surface area contributed by atoms with E-state index in [0.29, 0.717) is 15.7 Å². The van der Waals surface area contributed by atoms with E-state index in [9.17, 15) is 0 Å². The van der Waals surface area contributed by atoms with Crippen LogP contribution in [0.1, 0.15) is 44.1 Å². The van der Waals surface area contributed by atoms with Gasteiger partial charge in [0.1, 0.15) is 0 Å². The van der Waals surface area contributed by atoms with Crippen LogP contribution in [0.3, 0.4) is 0 Å². The topological polar surface area (TPSA) is 29.3 Å². The van der Waals surface area contributed by atoms with E-state index < -0.39 is 0 Å². The molecule has 2 N–H and O–H groups in total. The highest BCUT2D eigenvalue weighted by Gasteiger charge is 2.33. The highest BCUT2D eigenvalue weighted by atomic mass is 35.5. The second-order valence-electron chi connectivity index (χ2n) is 6.20. The lowest BCUT2D eigenvalue weighted by molar-refractivity contribution is 0.183. The maximum atomic E-state index is 6.14. The summed E-state index contributed by atoms with van der Waals surface area (Å²) in [4.78, 5) is 2.62. The molecular formula is C16H22Cl2N2. The monoisotopic (exact) mass is 312 g/mol. The van der Waals surface area contributed by atoms with E-state index in [1.807, 2.05) is 12.1 Å². The second kappa shape index (κ2) is 6.13. The van der Waals surface area contributed by atoms with Gasteiger partial charge in [-0.25, -0.2) is 0 Å². The molecule has 1 aromatic carbocycles. The van der Waals surface area contributed by atoms with Gasteiger partial charge in [-0.1, -0.05) is 36.0 Å². The summed E-state index contributed by atoms with van der Waals surface area (Å²) in [6.45, 7) is 2.14. The van der Waals surface area contributed by atoms with E-state index in [1.165, 1.54) is 50.6 Å². The van der Waals surface area contributed by atoms with Crippen molar-refractivity contribution in [3.05, 3.63) is 27.7 Å². The van der Waals surface area contributed by atoms with Crippen LogP contribution in [0.2, 0.25) is 10.0 Å². The fourth-order valence-corrected chi connectivity index (χ4v) is 4.42. The first kappa shape index (κ1) is 14.5. The maximum Gasteiger partial charge on any atom is 0.0693 e. The summed E-state index contributed by atoms with van der Waals surface area (Å²) in [5, 5.41) is 1.15. The second-order valence-corrected chi connectivity index (χ2v) is 7.01. The quantitative estimate of drug-likeness (QED) is 0.817. The first-order valence-electron chi connectivity index (χ1n) is 7.62. The van der Waals surface area contributed by atoms with Gasteiger partial charge in [-0.2, -0.15) is 0 Å². The van der Waals surface area contributed by atoms with Crippen LogP contribution in [0.25, 0.3) is 0 Å². The van der Waals surface area contributed by atoms with Gasteiger partial charge in [0.05, 0.1) is 15.7 Å². The van der Waals surface area contributed by atoms with Gasteiger partial charge < -0.3 is 5.73 Å². The molecule has 1 heterocycles. The summed E-state index contributed by atoms with van der Waals surface area (Å²) in [5.74, 6) is 0.900. The van der Waals surface area contributed by atoms with Crippen molar-refractivity contribution >= 4 is 28.9 Å². The van der Waals surface area contributed by atoms with E-state index in [1.54, 1.807) is 0 Å². The third kappa shape index (κ3) is 2.93. The number of nitrogens with two attached hydrogens (primary N) is 1. The zero-order valence-electron chi connectivity index (χ0n) is 11.7. The Balaban J connectivity index is 1.73. The van der Waals surface area contributed by atoms with Gasteiger partial charge in [0.2, 0.25) is 0 Å². The highest BCUT2D eigenvalue weighted by Crippen LogP contribution is 2.37. The molecule has 1 aliphatic heterocycles. The van der Waals surface area contributed by atoms with Crippen LogP contribution >= 0.6 is 23.2 Å². The number of benzene rings is 1. The van der Waals surface area contributed by atoms with Crippen LogP contribution in [0.4, 0.5) is 5.69 Å². The molecular weight excluding hydrogens is 291 g/mol. The molecule has 2 fully saturated rings. The summed E-state index contributed by atoms with van der Waals surface area (Å²) in [6.07, 6.45) is 8.30. The van der Waals surface area contributed by atoms with E-state index in [4.69, 9.17) is 28.9 Å². The molecule has 3 rings (SSSR count). The number of halogens is 2. The minimum atomic E-state index is 0.492. The normalized spacial score (nSPS) is 24.6. The molecule has 2 nitrogen and oxygen atoms in total. The van der Waals surface area contributed by atoms with Crippen LogP contribution in [0.5, 0.6) is 0 Å². The summed E-state index contributed by atoms with van der Waals surface area (Å²) in [7, 11) is 0. The number of nitrogens with zero attached hydrogens (tertiary/aromatic N) is 1. The van der Waals surface area contributed by atoms with E-state index in [-0.39, 0.29) is 0 Å². The van der Waals surface area contributed by atoms with Crippen LogP contribution in [-0.2, 0) is 6.54 Å². The largest absolute Gasteiger partial charge is 0.396 e. The number of hydrogen-bond acceptors (Lipinski definition) is 2. The van der Waals surface area contributed by atoms with Crippen LogP contribution in [0, 0.1) is 5.92 Å². The van der Waals surface area contributed by atoms with Crippen molar-refractivity contribution < 1.29 is 0 Å². The Kier molecular flexibility index (Phi) is 4.44. The fraction of sp³-hybridized carbons (Fsp3) is 0.625. The Morgan fingerprint density at radius 1 is 1.05 bits per heavy atom. The molecule has 1 unspecified atom stereocenters. The molecule has 0 aromatic heterocycles. The first-order valence-corrected chi connectivity index (χ1v) is 8.38. The SMILES string of the molecule is Nc1c(Cl)cc(CN2CCCC2C2CCCC2)cc1Cl. The van der Waals surface area contributed by atoms with Gasteiger partial charge in [0.25, 0.3) is 0 Å². The molecule has 1 saturated carbocycles. The zero-order valence-corrected chi connectivity index (χ0v) is 13.3. The van der Waals surface area contributed by atoms with Crippen LogP contribution in [0.15, 0.2) is 12.1 Å². The van der Waals surface area contributed by atoms with Crippen LogP contribution < -0.4 is 5.73 Å². The average molecular weight is 313 g/mol. The summed E-state index contributed by atoms with van der Waals surface area (Å²) >= 11 is 12.3. The van der Waals surface area contributed by atoms with E-state index >= 15 is 0 Å². The van der Waals surface area contributed by atoms with Crippen molar-refractivity contribution in [1.82, 2.24) is 4.90 Å². The molecule has 1 aliphatic carbocycles. The summed E-state index contributed by atoms with van der Waals surface area (Å²) in [6, 6.07) is 4.69. The van der Waals surface area contributed by atoms with E-state index in [0.717, 1.165) is 18.5 Å². The standard InChI is InChI=1S/C16H22Cl2N2/c17-13-8-11(9-14(18)16(13)19)10-20-7-3-6-15(20)12-4-1-2-5-12/h8-9,12,15H,1-7,10,19H2. The van der Waals surface area contributed by atoms with Crippen molar-refractivity contribution in [2.75, 3.05) is 12.3 Å². The lowest BCUT2D eigenvalue weighted by Crippen LogP contribution is -2.34. The molecule has 2 aliphatic rings. The lowest BCUT2D eigenvalue weighted by Gasteiger charge is -2.29. The van der Waals surface area contributed by atoms with Gasteiger partial charge in [0, 0.05) is 12.6 Å². The fourth-order valence-electron chi connectivity index (χ4n) is 3.89. The lowest BCUT2D eigenvalue weighted by atomic mass is 9.96. The Morgan fingerprint density at radius 3 is 2.35 bits per heavy atom. The maximum absolute atomic E-state index is 6.14. The average Bonchev–Trinajstić information content (AvgIpc) is 3.05. The van der Waals surface area contributed by atoms with Crippen molar-refractivity contribution in [2.45, 2.75) is 51.1 Å². The molecule has 4 heteroatoms.